The van der Waals surface area contributed by atoms with Crippen molar-refractivity contribution >= 4 is 23.9 Å². The molecule has 0 saturated carbocycles. The van der Waals surface area contributed by atoms with E-state index in [1.54, 1.807) is 121 Å². The van der Waals surface area contributed by atoms with Crippen LogP contribution in [0.3, 0.4) is 0 Å². The summed E-state index contributed by atoms with van der Waals surface area (Å²) in [6.45, 7) is 5.70. The molecule has 0 unspecified atom stereocenters. The van der Waals surface area contributed by atoms with Crippen LogP contribution < -0.4 is 28.4 Å². The standard InChI is InChI=1S/C57H60O10/c1-3-5-7-9-11-13-39-62-48-31-19-44(20-32-48)54(58)66-52-35-23-46(24-36-52)56(60)64-50-27-15-42(16-28-50)41-43-17-29-51(30-18-43)65-57(61)47-25-37-53(38-26-47)67-55(59)45-21-33-49(34-22-45)63-40-14-12-10-8-6-4-2/h15-38H,3-14,39-41H2,1-2H3. The number of unbranched alkanes of at least 4 members (excludes halogenated alkanes) is 10. The van der Waals surface area contributed by atoms with E-state index in [1.165, 1.54) is 51.4 Å². The van der Waals surface area contributed by atoms with E-state index in [1.807, 2.05) is 24.3 Å². The van der Waals surface area contributed by atoms with Gasteiger partial charge in [0.15, 0.2) is 0 Å². The van der Waals surface area contributed by atoms with Crippen LogP contribution in [0.1, 0.15) is 143 Å². The Hall–Kier alpha value is -7.20. The van der Waals surface area contributed by atoms with Gasteiger partial charge in [-0.25, -0.2) is 19.2 Å². The fourth-order valence-electron chi connectivity index (χ4n) is 7.09. The van der Waals surface area contributed by atoms with Crippen LogP contribution in [-0.4, -0.2) is 37.1 Å². The second-order valence-electron chi connectivity index (χ2n) is 16.4. The van der Waals surface area contributed by atoms with Crippen LogP contribution in [0.2, 0.25) is 0 Å². The second-order valence-corrected chi connectivity index (χ2v) is 16.4. The molecule has 0 atom stereocenters. The van der Waals surface area contributed by atoms with Crippen molar-refractivity contribution in [2.45, 2.75) is 97.3 Å². The minimum atomic E-state index is -0.548. The van der Waals surface area contributed by atoms with Crippen molar-refractivity contribution in [3.63, 3.8) is 0 Å². The zero-order chi connectivity index (χ0) is 47.1. The van der Waals surface area contributed by atoms with Gasteiger partial charge in [-0.2, -0.15) is 0 Å². The SMILES string of the molecule is CCCCCCCCOc1ccc(C(=O)Oc2ccc(C(=O)Oc3ccc(Cc4ccc(OC(=O)c5ccc(OC(=O)c6ccc(OCCCCCCCC)cc6)cc5)cc4)cc3)cc2)cc1. The predicted molar refractivity (Wildman–Crippen MR) is 259 cm³/mol. The lowest BCUT2D eigenvalue weighted by atomic mass is 10.0. The number of rotatable bonds is 26. The first kappa shape index (κ1) is 49.2. The summed E-state index contributed by atoms with van der Waals surface area (Å²) in [5, 5.41) is 0. The summed E-state index contributed by atoms with van der Waals surface area (Å²) in [6.07, 6.45) is 14.9. The van der Waals surface area contributed by atoms with Crippen LogP contribution >= 0.6 is 0 Å². The van der Waals surface area contributed by atoms with E-state index in [0.717, 1.165) is 36.8 Å². The molecule has 10 nitrogen and oxygen atoms in total. The minimum absolute atomic E-state index is 0.301. The Morgan fingerprint density at radius 3 is 0.821 bits per heavy atom. The highest BCUT2D eigenvalue weighted by Gasteiger charge is 2.15. The van der Waals surface area contributed by atoms with Crippen LogP contribution in [0.5, 0.6) is 34.5 Å². The van der Waals surface area contributed by atoms with Crippen molar-refractivity contribution in [3.8, 4) is 34.5 Å². The highest BCUT2D eigenvalue weighted by atomic mass is 16.5. The lowest BCUT2D eigenvalue weighted by molar-refractivity contribution is 0.0720. The van der Waals surface area contributed by atoms with Gasteiger partial charge in [0, 0.05) is 0 Å². The number of hydrogen-bond donors (Lipinski definition) is 0. The van der Waals surface area contributed by atoms with Gasteiger partial charge in [-0.3, -0.25) is 0 Å². The zero-order valence-corrected chi connectivity index (χ0v) is 38.5. The molecule has 0 aliphatic carbocycles. The van der Waals surface area contributed by atoms with Gasteiger partial charge in [0.1, 0.15) is 34.5 Å². The molecular formula is C57H60O10. The van der Waals surface area contributed by atoms with Crippen molar-refractivity contribution < 1.29 is 47.6 Å². The Kier molecular flexibility index (Phi) is 19.6. The van der Waals surface area contributed by atoms with Crippen LogP contribution in [0.4, 0.5) is 0 Å². The molecule has 6 rings (SSSR count). The Morgan fingerprint density at radius 1 is 0.299 bits per heavy atom. The number of ether oxygens (including phenoxy) is 6. The maximum absolute atomic E-state index is 12.9. The number of benzene rings is 6. The van der Waals surface area contributed by atoms with Gasteiger partial charge in [-0.05, 0) is 152 Å². The van der Waals surface area contributed by atoms with Gasteiger partial charge in [0.05, 0.1) is 35.5 Å². The molecule has 0 fully saturated rings. The van der Waals surface area contributed by atoms with Crippen LogP contribution in [0.15, 0.2) is 146 Å². The Labute approximate surface area is 394 Å². The molecule has 6 aromatic rings. The van der Waals surface area contributed by atoms with Crippen molar-refractivity contribution in [3.05, 3.63) is 179 Å². The summed E-state index contributed by atoms with van der Waals surface area (Å²) in [5.41, 5.74) is 3.35. The van der Waals surface area contributed by atoms with Crippen molar-refractivity contribution in [2.24, 2.45) is 0 Å². The summed E-state index contributed by atoms with van der Waals surface area (Å²) in [6, 6.07) is 40.5. The molecule has 0 saturated heterocycles. The first-order chi connectivity index (χ1) is 32.8. The Morgan fingerprint density at radius 2 is 0.537 bits per heavy atom. The van der Waals surface area contributed by atoms with E-state index in [-0.39, 0.29) is 0 Å². The Bertz CT molecular complexity index is 2270. The van der Waals surface area contributed by atoms with Gasteiger partial charge in [0.2, 0.25) is 0 Å². The van der Waals surface area contributed by atoms with E-state index in [9.17, 15) is 19.2 Å². The lowest BCUT2D eigenvalue weighted by Crippen LogP contribution is -2.10. The molecule has 6 aromatic carbocycles. The van der Waals surface area contributed by atoms with Gasteiger partial charge in [0.25, 0.3) is 0 Å². The summed E-state index contributed by atoms with van der Waals surface area (Å²) in [4.78, 5) is 51.3. The van der Waals surface area contributed by atoms with Gasteiger partial charge in [-0.15, -0.1) is 0 Å². The molecule has 0 radical (unpaired) electrons. The molecule has 0 aliphatic rings. The highest BCUT2D eigenvalue weighted by molar-refractivity contribution is 5.94. The van der Waals surface area contributed by atoms with Crippen molar-refractivity contribution in [1.29, 1.82) is 0 Å². The van der Waals surface area contributed by atoms with Crippen LogP contribution in [-0.2, 0) is 6.42 Å². The fourth-order valence-corrected chi connectivity index (χ4v) is 7.09. The van der Waals surface area contributed by atoms with E-state index < -0.39 is 23.9 Å². The first-order valence-electron chi connectivity index (χ1n) is 23.5. The van der Waals surface area contributed by atoms with E-state index in [0.29, 0.717) is 76.4 Å². The molecule has 0 aliphatic heterocycles. The second kappa shape index (κ2) is 26.7. The predicted octanol–water partition coefficient (Wildman–Crippen LogP) is 13.6. The van der Waals surface area contributed by atoms with Crippen LogP contribution in [0.25, 0.3) is 0 Å². The summed E-state index contributed by atoms with van der Waals surface area (Å²) in [5.74, 6) is 0.661. The molecule has 10 heteroatoms. The topological polar surface area (TPSA) is 124 Å². The molecule has 0 N–H and O–H groups in total. The third-order valence-corrected chi connectivity index (χ3v) is 11.0. The molecule has 67 heavy (non-hydrogen) atoms. The summed E-state index contributed by atoms with van der Waals surface area (Å²) >= 11 is 0. The average Bonchev–Trinajstić information content (AvgIpc) is 3.35. The average molecular weight is 905 g/mol. The van der Waals surface area contributed by atoms with E-state index in [4.69, 9.17) is 28.4 Å². The third-order valence-electron chi connectivity index (χ3n) is 11.0. The molecule has 0 spiro atoms. The first-order valence-corrected chi connectivity index (χ1v) is 23.5. The maximum atomic E-state index is 12.9. The smallest absolute Gasteiger partial charge is 0.343 e. The summed E-state index contributed by atoms with van der Waals surface area (Å²) < 4.78 is 33.8. The van der Waals surface area contributed by atoms with E-state index in [2.05, 4.69) is 13.8 Å². The monoisotopic (exact) mass is 904 g/mol. The third kappa shape index (κ3) is 16.6. The van der Waals surface area contributed by atoms with Gasteiger partial charge in [-0.1, -0.05) is 102 Å². The quantitative estimate of drug-likeness (QED) is 0.0295. The zero-order valence-electron chi connectivity index (χ0n) is 38.5. The minimum Gasteiger partial charge on any atom is -0.494 e. The number of hydrogen-bond acceptors (Lipinski definition) is 10. The highest BCUT2D eigenvalue weighted by Crippen LogP contribution is 2.23. The molecule has 348 valence electrons. The Balaban J connectivity index is 0.885. The number of carbonyl (C=O) groups is 4. The summed E-state index contributed by atoms with van der Waals surface area (Å²) in [7, 11) is 0. The molecule has 0 aromatic heterocycles. The fraction of sp³-hybridized carbons (Fsp3) is 0.298. The van der Waals surface area contributed by atoms with Crippen LogP contribution in [0, 0.1) is 0 Å². The number of carbonyl (C=O) groups excluding carboxylic acids is 4. The molecular weight excluding hydrogens is 845 g/mol. The molecule has 0 bridgehead atoms. The lowest BCUT2D eigenvalue weighted by Gasteiger charge is -2.09. The van der Waals surface area contributed by atoms with Crippen molar-refractivity contribution in [2.75, 3.05) is 13.2 Å². The van der Waals surface area contributed by atoms with Crippen molar-refractivity contribution in [1.82, 2.24) is 0 Å². The normalized spacial score (nSPS) is 10.8. The molecule has 0 amide bonds. The van der Waals surface area contributed by atoms with E-state index >= 15 is 0 Å². The van der Waals surface area contributed by atoms with Gasteiger partial charge >= 0.3 is 23.9 Å². The largest absolute Gasteiger partial charge is 0.494 e. The van der Waals surface area contributed by atoms with Gasteiger partial charge < -0.3 is 28.4 Å². The maximum Gasteiger partial charge on any atom is 0.343 e. The molecule has 0 heterocycles. The number of esters is 4.